The molecule has 0 unspecified atom stereocenters. The number of hydrogen-bond acceptors (Lipinski definition) is 4. The van der Waals surface area contributed by atoms with Gasteiger partial charge in [0, 0.05) is 29.2 Å². The molecule has 1 fully saturated rings. The molecular formula is C23H36N4O. The fourth-order valence-electron chi connectivity index (χ4n) is 4.30. The third-order valence-corrected chi connectivity index (χ3v) is 5.91. The van der Waals surface area contributed by atoms with Crippen LogP contribution in [0.2, 0.25) is 0 Å². The average Bonchev–Trinajstić information content (AvgIpc) is 2.65. The van der Waals surface area contributed by atoms with E-state index in [1.807, 2.05) is 33.0 Å². The van der Waals surface area contributed by atoms with Crippen molar-refractivity contribution >= 4 is 17.0 Å². The van der Waals surface area contributed by atoms with Crippen LogP contribution in [0.3, 0.4) is 0 Å². The maximum atomic E-state index is 12.6. The third-order valence-electron chi connectivity index (χ3n) is 5.91. The summed E-state index contributed by atoms with van der Waals surface area (Å²) >= 11 is 0. The van der Waals surface area contributed by atoms with Crippen LogP contribution in [0.1, 0.15) is 96.1 Å². The van der Waals surface area contributed by atoms with Crippen LogP contribution in [-0.2, 0) is 0 Å². The normalized spacial score (nSPS) is 18.0. The molecule has 5 nitrogen and oxygen atoms in total. The number of pyridine rings is 1. The second kappa shape index (κ2) is 10.0. The fraction of sp³-hybridized carbons (Fsp3) is 0.696. The van der Waals surface area contributed by atoms with E-state index < -0.39 is 0 Å². The molecule has 3 rings (SSSR count). The molecule has 2 aromatic rings. The number of aryl methyl sites for hydroxylation is 1. The quantitative estimate of drug-likeness (QED) is 0.730. The third kappa shape index (κ3) is 5.33. The Bertz CT molecular complexity index is 815. The molecule has 1 saturated carbocycles. The van der Waals surface area contributed by atoms with Crippen LogP contribution < -0.4 is 10.9 Å². The number of nitrogens with one attached hydrogen (secondary N) is 1. The maximum absolute atomic E-state index is 12.6. The van der Waals surface area contributed by atoms with Crippen molar-refractivity contribution in [1.82, 2.24) is 14.5 Å². The van der Waals surface area contributed by atoms with Gasteiger partial charge in [-0.25, -0.2) is 4.98 Å². The van der Waals surface area contributed by atoms with Crippen LogP contribution in [0, 0.1) is 6.92 Å². The van der Waals surface area contributed by atoms with Crippen LogP contribution in [0.15, 0.2) is 17.1 Å². The molecule has 0 spiro atoms. The molecule has 1 aliphatic rings. The van der Waals surface area contributed by atoms with E-state index in [0.717, 1.165) is 16.6 Å². The Labute approximate surface area is 169 Å². The molecule has 0 radical (unpaired) electrons. The first kappa shape index (κ1) is 20.8. The zero-order valence-electron chi connectivity index (χ0n) is 17.8. The molecule has 1 aliphatic carbocycles. The number of fused-ring (bicyclic) bond motifs is 1. The number of nitrogens with zero attached hydrogens (tertiary/aromatic N) is 3. The van der Waals surface area contributed by atoms with Gasteiger partial charge in [-0.05, 0) is 39.7 Å². The summed E-state index contributed by atoms with van der Waals surface area (Å²) in [4.78, 5) is 21.9. The van der Waals surface area contributed by atoms with E-state index in [0.29, 0.717) is 12.0 Å². The highest BCUT2D eigenvalue weighted by Gasteiger charge is 2.15. The molecule has 0 amide bonds. The Balaban J connectivity index is 1.80. The largest absolute Gasteiger partial charge is 0.351 e. The molecule has 154 valence electrons. The van der Waals surface area contributed by atoms with Crippen molar-refractivity contribution in [2.75, 3.05) is 5.32 Å². The van der Waals surface area contributed by atoms with Crippen molar-refractivity contribution in [2.45, 2.75) is 103 Å². The van der Waals surface area contributed by atoms with Crippen molar-refractivity contribution in [2.24, 2.45) is 0 Å². The van der Waals surface area contributed by atoms with E-state index in [-0.39, 0.29) is 11.6 Å². The van der Waals surface area contributed by atoms with Gasteiger partial charge in [-0.15, -0.1) is 0 Å². The lowest BCUT2D eigenvalue weighted by atomic mass is 9.98. The standard InChI is InChI=1S/C23H36N4O/c1-17(2)27-21-19(15-18(3)22(27)28)16-24-23(26-21)25-20-13-11-9-7-5-4-6-8-10-12-14-20/h15-17,20H,4-14H2,1-3H3,(H,24,25,26). The summed E-state index contributed by atoms with van der Waals surface area (Å²) in [6, 6.07) is 2.39. The summed E-state index contributed by atoms with van der Waals surface area (Å²) in [5.74, 6) is 0.655. The highest BCUT2D eigenvalue weighted by Crippen LogP contribution is 2.21. The zero-order chi connectivity index (χ0) is 19.9. The molecule has 0 bridgehead atoms. The minimum Gasteiger partial charge on any atom is -0.351 e. The van der Waals surface area contributed by atoms with Gasteiger partial charge in [-0.2, -0.15) is 4.98 Å². The van der Waals surface area contributed by atoms with Gasteiger partial charge < -0.3 is 5.32 Å². The van der Waals surface area contributed by atoms with E-state index in [1.54, 1.807) is 4.57 Å². The Morgan fingerprint density at radius 1 is 1.00 bits per heavy atom. The minimum absolute atomic E-state index is 0.0400. The van der Waals surface area contributed by atoms with Crippen molar-refractivity contribution < 1.29 is 0 Å². The van der Waals surface area contributed by atoms with Gasteiger partial charge in [0.1, 0.15) is 5.65 Å². The van der Waals surface area contributed by atoms with Crippen LogP contribution in [-0.4, -0.2) is 20.6 Å². The van der Waals surface area contributed by atoms with E-state index in [9.17, 15) is 4.79 Å². The highest BCUT2D eigenvalue weighted by molar-refractivity contribution is 5.76. The highest BCUT2D eigenvalue weighted by atomic mass is 16.1. The van der Waals surface area contributed by atoms with Crippen LogP contribution >= 0.6 is 0 Å². The monoisotopic (exact) mass is 384 g/mol. The second-order valence-corrected chi connectivity index (χ2v) is 8.67. The molecule has 0 aromatic carbocycles. The first-order chi connectivity index (χ1) is 13.6. The number of rotatable bonds is 3. The summed E-state index contributed by atoms with van der Waals surface area (Å²) in [6.45, 7) is 5.92. The predicted octanol–water partition coefficient (Wildman–Crippen LogP) is 5.77. The molecule has 28 heavy (non-hydrogen) atoms. The van der Waals surface area contributed by atoms with E-state index in [1.165, 1.54) is 70.6 Å². The molecule has 2 aromatic heterocycles. The topological polar surface area (TPSA) is 59.8 Å². The van der Waals surface area contributed by atoms with Gasteiger partial charge in [0.25, 0.3) is 5.56 Å². The van der Waals surface area contributed by atoms with Gasteiger partial charge in [-0.1, -0.05) is 57.8 Å². The summed E-state index contributed by atoms with van der Waals surface area (Å²) in [5, 5.41) is 4.51. The van der Waals surface area contributed by atoms with Crippen molar-refractivity contribution in [3.8, 4) is 0 Å². The lowest BCUT2D eigenvalue weighted by Crippen LogP contribution is -2.26. The van der Waals surface area contributed by atoms with Gasteiger partial charge in [0.05, 0.1) is 0 Å². The smallest absolute Gasteiger partial charge is 0.255 e. The maximum Gasteiger partial charge on any atom is 0.255 e. The molecule has 5 heteroatoms. The lowest BCUT2D eigenvalue weighted by molar-refractivity contribution is 0.479. The van der Waals surface area contributed by atoms with Gasteiger partial charge in [0.2, 0.25) is 5.95 Å². The first-order valence-corrected chi connectivity index (χ1v) is 11.2. The van der Waals surface area contributed by atoms with Crippen LogP contribution in [0.4, 0.5) is 5.95 Å². The fourth-order valence-corrected chi connectivity index (χ4v) is 4.30. The number of aromatic nitrogens is 3. The van der Waals surface area contributed by atoms with Crippen LogP contribution in [0.25, 0.3) is 11.0 Å². The molecule has 0 saturated heterocycles. The van der Waals surface area contributed by atoms with Crippen molar-refractivity contribution in [3.05, 3.63) is 28.2 Å². The Hall–Kier alpha value is -1.91. The molecule has 2 heterocycles. The molecule has 0 atom stereocenters. The predicted molar refractivity (Wildman–Crippen MR) is 117 cm³/mol. The SMILES string of the molecule is Cc1cc2cnc(NC3CCCCCCCCCCC3)nc2n(C(C)C)c1=O. The molecule has 1 N–H and O–H groups in total. The average molecular weight is 385 g/mol. The van der Waals surface area contributed by atoms with Crippen molar-refractivity contribution in [1.29, 1.82) is 0 Å². The Kier molecular flexibility index (Phi) is 7.46. The minimum atomic E-state index is 0.0400. The first-order valence-electron chi connectivity index (χ1n) is 11.2. The van der Waals surface area contributed by atoms with Gasteiger partial charge >= 0.3 is 0 Å². The Morgan fingerprint density at radius 3 is 2.14 bits per heavy atom. The molecule has 0 aliphatic heterocycles. The summed E-state index contributed by atoms with van der Waals surface area (Å²) in [6.07, 6.45) is 16.3. The van der Waals surface area contributed by atoms with E-state index in [4.69, 9.17) is 4.98 Å². The summed E-state index contributed by atoms with van der Waals surface area (Å²) in [5.41, 5.74) is 1.51. The second-order valence-electron chi connectivity index (χ2n) is 8.67. The Morgan fingerprint density at radius 2 is 1.57 bits per heavy atom. The summed E-state index contributed by atoms with van der Waals surface area (Å²) < 4.78 is 1.79. The van der Waals surface area contributed by atoms with E-state index in [2.05, 4.69) is 10.3 Å². The van der Waals surface area contributed by atoms with Gasteiger partial charge in [0.15, 0.2) is 0 Å². The summed E-state index contributed by atoms with van der Waals surface area (Å²) in [7, 11) is 0. The number of anilines is 1. The van der Waals surface area contributed by atoms with Gasteiger partial charge in [-0.3, -0.25) is 9.36 Å². The number of hydrogen-bond donors (Lipinski definition) is 1. The van der Waals surface area contributed by atoms with E-state index >= 15 is 0 Å². The zero-order valence-corrected chi connectivity index (χ0v) is 17.8. The molecular weight excluding hydrogens is 348 g/mol. The lowest BCUT2D eigenvalue weighted by Gasteiger charge is -2.20. The van der Waals surface area contributed by atoms with Crippen molar-refractivity contribution in [3.63, 3.8) is 0 Å². The van der Waals surface area contributed by atoms with Crippen LogP contribution in [0.5, 0.6) is 0 Å².